The summed E-state index contributed by atoms with van der Waals surface area (Å²) < 4.78 is 0. The van der Waals surface area contributed by atoms with Crippen molar-refractivity contribution in [3.05, 3.63) is 0 Å². The van der Waals surface area contributed by atoms with Crippen LogP contribution in [0.1, 0.15) is 112 Å². The lowest BCUT2D eigenvalue weighted by atomic mass is 9.78. The van der Waals surface area contributed by atoms with Gasteiger partial charge >= 0.3 is 0 Å². The lowest BCUT2D eigenvalue weighted by Crippen LogP contribution is -2.14. The smallest absolute Gasteiger partial charge is 0.0354 e. The van der Waals surface area contributed by atoms with Crippen LogP contribution in [0.3, 0.4) is 0 Å². The van der Waals surface area contributed by atoms with Gasteiger partial charge in [-0.25, -0.2) is 0 Å². The molecule has 0 aromatic carbocycles. The molecule has 0 amide bonds. The Bertz CT molecular complexity index is 248. The molecular weight excluding hydrogens is 240 g/mol. The topological polar surface area (TPSA) is 0 Å². The molecule has 0 atom stereocenters. The number of hydrogen-bond donors (Lipinski definition) is 0. The van der Waals surface area contributed by atoms with Gasteiger partial charge in [-0.3, -0.25) is 0 Å². The third-order valence-electron chi connectivity index (χ3n) is 5.41. The zero-order valence-corrected chi connectivity index (χ0v) is 15.3. The Hall–Kier alpha value is 0. The zero-order chi connectivity index (χ0) is 15.3. The first-order chi connectivity index (χ1) is 9.12. The highest BCUT2D eigenvalue weighted by atomic mass is 14.4. The fourth-order valence-corrected chi connectivity index (χ4v) is 3.09. The van der Waals surface area contributed by atoms with Gasteiger partial charge in [0.2, 0.25) is 0 Å². The van der Waals surface area contributed by atoms with Gasteiger partial charge in [0.1, 0.15) is 0 Å². The number of hydrogen-bond acceptors (Lipinski definition) is 0. The van der Waals surface area contributed by atoms with Gasteiger partial charge in [0.05, 0.1) is 0 Å². The average Bonchev–Trinajstić information content (AvgIpc) is 2.85. The van der Waals surface area contributed by atoms with Crippen LogP contribution in [0.25, 0.3) is 0 Å². The van der Waals surface area contributed by atoms with E-state index in [0.29, 0.717) is 10.8 Å². The molecule has 0 heterocycles. The predicted octanol–water partition coefficient (Wildman–Crippen LogP) is 7.37. The summed E-state index contributed by atoms with van der Waals surface area (Å²) in [6.45, 7) is 14.1. The predicted molar refractivity (Wildman–Crippen MR) is 92.1 cm³/mol. The van der Waals surface area contributed by atoms with Crippen LogP contribution in [0.2, 0.25) is 0 Å². The lowest BCUT2D eigenvalue weighted by Gasteiger charge is -2.28. The van der Waals surface area contributed by atoms with Crippen LogP contribution in [0, 0.1) is 16.2 Å². The third kappa shape index (κ3) is 9.03. The minimum atomic E-state index is 0.679. The summed E-state index contributed by atoms with van der Waals surface area (Å²) >= 11 is 0. The molecule has 0 aliphatic heterocycles. The molecule has 0 saturated heterocycles. The van der Waals surface area contributed by atoms with Gasteiger partial charge in [-0.15, -0.1) is 0 Å². The largest absolute Gasteiger partial charge is 0.0599 e. The molecule has 3 aliphatic carbocycles. The zero-order valence-electron chi connectivity index (χ0n) is 15.3. The molecule has 120 valence electrons. The van der Waals surface area contributed by atoms with Crippen molar-refractivity contribution in [3.63, 3.8) is 0 Å². The van der Waals surface area contributed by atoms with E-state index in [4.69, 9.17) is 0 Å². The van der Waals surface area contributed by atoms with E-state index in [1.807, 2.05) is 0 Å². The van der Waals surface area contributed by atoms with E-state index in [9.17, 15) is 0 Å². The van der Waals surface area contributed by atoms with Gasteiger partial charge in [0, 0.05) is 0 Å². The first kappa shape index (κ1) is 18.1. The van der Waals surface area contributed by atoms with Crippen molar-refractivity contribution in [2.45, 2.75) is 112 Å². The number of rotatable bonds is 0. The van der Waals surface area contributed by atoms with Gasteiger partial charge < -0.3 is 0 Å². The van der Waals surface area contributed by atoms with E-state index in [0.717, 1.165) is 5.41 Å². The Balaban J connectivity index is 0.000000154. The van der Waals surface area contributed by atoms with E-state index >= 15 is 0 Å². The molecule has 0 nitrogen and oxygen atoms in total. The molecule has 20 heavy (non-hydrogen) atoms. The van der Waals surface area contributed by atoms with Gasteiger partial charge in [0.15, 0.2) is 0 Å². The Kier molecular flexibility index (Phi) is 6.61. The molecule has 0 bridgehead atoms. The van der Waals surface area contributed by atoms with E-state index in [1.54, 1.807) is 0 Å². The molecule has 3 rings (SSSR count). The Morgan fingerprint density at radius 1 is 0.350 bits per heavy atom. The second-order valence-electron chi connectivity index (χ2n) is 9.76. The first-order valence-corrected chi connectivity index (χ1v) is 9.12. The fourth-order valence-electron chi connectivity index (χ4n) is 3.09. The highest BCUT2D eigenvalue weighted by Crippen LogP contribution is 2.43. The van der Waals surface area contributed by atoms with Crippen molar-refractivity contribution >= 4 is 0 Å². The van der Waals surface area contributed by atoms with Crippen molar-refractivity contribution in [2.75, 3.05) is 0 Å². The fraction of sp³-hybridized carbons (Fsp3) is 1.00. The quantitative estimate of drug-likeness (QED) is 0.434. The molecule has 3 fully saturated rings. The van der Waals surface area contributed by atoms with Crippen LogP contribution in [0.15, 0.2) is 0 Å². The van der Waals surface area contributed by atoms with Crippen LogP contribution >= 0.6 is 0 Å². The van der Waals surface area contributed by atoms with E-state index < -0.39 is 0 Å². The molecule has 0 spiro atoms. The standard InChI is InChI=1S/C8H16.C7H14.C5H10/c1-8(2)6-4-3-5-7-8;1-7(2)5-3-4-6-7;1-5(2)3-4-5/h3-7H2,1-2H3;3-6H2,1-2H3;3-4H2,1-2H3. The maximum absolute atomic E-state index is 2.38. The monoisotopic (exact) mass is 280 g/mol. The SMILES string of the molecule is CC1(C)CC1.CC1(C)CCCC1.CC1(C)CCCCC1. The van der Waals surface area contributed by atoms with Crippen LogP contribution < -0.4 is 0 Å². The summed E-state index contributed by atoms with van der Waals surface area (Å²) in [6, 6.07) is 0. The summed E-state index contributed by atoms with van der Waals surface area (Å²) in [5.74, 6) is 0. The van der Waals surface area contributed by atoms with E-state index in [2.05, 4.69) is 41.5 Å². The van der Waals surface area contributed by atoms with E-state index in [1.165, 1.54) is 70.6 Å². The third-order valence-corrected chi connectivity index (χ3v) is 5.41. The van der Waals surface area contributed by atoms with Gasteiger partial charge in [-0.2, -0.15) is 0 Å². The van der Waals surface area contributed by atoms with Crippen LogP contribution in [0.4, 0.5) is 0 Å². The van der Waals surface area contributed by atoms with Crippen molar-refractivity contribution in [1.29, 1.82) is 0 Å². The summed E-state index contributed by atoms with van der Waals surface area (Å²) in [5.41, 5.74) is 2.12. The molecule has 0 unspecified atom stereocenters. The Labute approximate surface area is 129 Å². The normalized spacial score (nSPS) is 28.5. The molecular formula is C20H40. The molecule has 0 aromatic rings. The average molecular weight is 281 g/mol. The summed E-state index contributed by atoms with van der Waals surface area (Å²) in [5, 5.41) is 0. The Morgan fingerprint density at radius 2 is 0.550 bits per heavy atom. The van der Waals surface area contributed by atoms with Crippen molar-refractivity contribution in [2.24, 2.45) is 16.2 Å². The lowest BCUT2D eigenvalue weighted by molar-refractivity contribution is 0.244. The Morgan fingerprint density at radius 3 is 0.650 bits per heavy atom. The van der Waals surface area contributed by atoms with Crippen molar-refractivity contribution in [1.82, 2.24) is 0 Å². The van der Waals surface area contributed by atoms with Crippen molar-refractivity contribution < 1.29 is 0 Å². The minimum absolute atomic E-state index is 0.679. The van der Waals surface area contributed by atoms with Gasteiger partial charge in [0.25, 0.3) is 0 Å². The molecule has 0 heteroatoms. The highest BCUT2D eigenvalue weighted by molar-refractivity contribution is 4.82. The highest BCUT2D eigenvalue weighted by Gasteiger charge is 2.30. The van der Waals surface area contributed by atoms with Gasteiger partial charge in [-0.05, 0) is 54.8 Å². The summed E-state index contributed by atoms with van der Waals surface area (Å²) in [6.07, 6.45) is 16.0. The molecule has 3 aliphatic rings. The van der Waals surface area contributed by atoms with Crippen LogP contribution in [-0.4, -0.2) is 0 Å². The maximum Gasteiger partial charge on any atom is -0.0354 e. The van der Waals surface area contributed by atoms with E-state index in [-0.39, 0.29) is 0 Å². The summed E-state index contributed by atoms with van der Waals surface area (Å²) in [7, 11) is 0. The van der Waals surface area contributed by atoms with Crippen LogP contribution in [-0.2, 0) is 0 Å². The second-order valence-corrected chi connectivity index (χ2v) is 9.76. The van der Waals surface area contributed by atoms with Crippen molar-refractivity contribution in [3.8, 4) is 0 Å². The van der Waals surface area contributed by atoms with Crippen LogP contribution in [0.5, 0.6) is 0 Å². The first-order valence-electron chi connectivity index (χ1n) is 9.12. The molecule has 0 N–H and O–H groups in total. The molecule has 3 saturated carbocycles. The minimum Gasteiger partial charge on any atom is -0.0599 e. The maximum atomic E-state index is 2.38. The van der Waals surface area contributed by atoms with Gasteiger partial charge in [-0.1, -0.05) is 73.6 Å². The second kappa shape index (κ2) is 7.32. The molecule has 0 radical (unpaired) electrons. The summed E-state index contributed by atoms with van der Waals surface area (Å²) in [4.78, 5) is 0. The molecule has 0 aromatic heterocycles.